The van der Waals surface area contributed by atoms with Gasteiger partial charge in [-0.05, 0) is 31.9 Å². The van der Waals surface area contributed by atoms with Crippen LogP contribution in [0.3, 0.4) is 0 Å². The van der Waals surface area contributed by atoms with E-state index in [4.69, 9.17) is 16.0 Å². The van der Waals surface area contributed by atoms with E-state index in [9.17, 15) is 18.0 Å². The predicted molar refractivity (Wildman–Crippen MR) is 83.9 cm³/mol. The van der Waals surface area contributed by atoms with Gasteiger partial charge in [0, 0.05) is 12.5 Å². The summed E-state index contributed by atoms with van der Waals surface area (Å²) in [4.78, 5) is 21.5. The van der Waals surface area contributed by atoms with Gasteiger partial charge in [0.1, 0.15) is 0 Å². The molecule has 0 unspecified atom stereocenters. The van der Waals surface area contributed by atoms with Crippen LogP contribution in [0, 0.1) is 12.8 Å². The number of hydrogen-bond acceptors (Lipinski definition) is 5. The molecule has 0 radical (unpaired) electrons. The Balaban J connectivity index is 0.000000231. The Labute approximate surface area is 135 Å². The van der Waals surface area contributed by atoms with Crippen molar-refractivity contribution in [3.8, 4) is 0 Å². The van der Waals surface area contributed by atoms with Crippen LogP contribution in [-0.4, -0.2) is 37.4 Å². The minimum atomic E-state index is -4.02. The van der Waals surface area contributed by atoms with Gasteiger partial charge in [0.2, 0.25) is 11.8 Å². The maximum Gasteiger partial charge on any atom is 0.294 e. The van der Waals surface area contributed by atoms with Gasteiger partial charge in [-0.3, -0.25) is 14.1 Å². The van der Waals surface area contributed by atoms with E-state index in [1.165, 1.54) is 12.1 Å². The molecule has 23 heavy (non-hydrogen) atoms. The first kappa shape index (κ1) is 19.1. The molecule has 9 heteroatoms. The van der Waals surface area contributed by atoms with E-state index < -0.39 is 22.1 Å². The Kier molecular flexibility index (Phi) is 6.67. The van der Waals surface area contributed by atoms with Gasteiger partial charge >= 0.3 is 0 Å². The topological polar surface area (TPSA) is 153 Å². The van der Waals surface area contributed by atoms with Gasteiger partial charge < -0.3 is 16.8 Å². The Morgan fingerprint density at radius 2 is 1.96 bits per heavy atom. The van der Waals surface area contributed by atoms with Gasteiger partial charge in [-0.2, -0.15) is 8.42 Å². The van der Waals surface area contributed by atoms with E-state index in [1.807, 2.05) is 6.92 Å². The maximum absolute atomic E-state index is 11.0. The summed E-state index contributed by atoms with van der Waals surface area (Å²) in [7, 11) is -4.02. The third-order valence-corrected chi connectivity index (χ3v) is 4.25. The highest BCUT2D eigenvalue weighted by Gasteiger charge is 2.27. The molecule has 128 valence electrons. The molecule has 0 aliphatic carbocycles. The molecule has 1 fully saturated rings. The van der Waals surface area contributed by atoms with Crippen molar-refractivity contribution < 1.29 is 22.6 Å². The Morgan fingerprint density at radius 3 is 2.35 bits per heavy atom. The number of amides is 2. The molecule has 1 aromatic carbocycles. The number of nitrogens with two attached hydrogens (primary N) is 2. The largest absolute Gasteiger partial charge is 0.368 e. The fourth-order valence-electron chi connectivity index (χ4n) is 2.00. The number of benzene rings is 1. The lowest BCUT2D eigenvalue weighted by Crippen LogP contribution is -2.39. The predicted octanol–water partition coefficient (Wildman–Crippen LogP) is -0.433. The van der Waals surface area contributed by atoms with Crippen LogP contribution >= 0.6 is 0 Å². The standard InChI is InChI=1S/C7H13N3O2.C7H8O3S/c8-5(6(9)11)3-4-1-2-10-7(4)12;1-6-2-4-7(5-3-6)11(8,9)10/h4-5H,1-3,8H2,(H2,9,11)(H,10,12);2-5H,1H3,(H,8,9,10)/t4-,5-;/m0./s1. The highest BCUT2D eigenvalue weighted by Crippen LogP contribution is 2.14. The number of carbonyl (C=O) groups is 2. The smallest absolute Gasteiger partial charge is 0.294 e. The third kappa shape index (κ3) is 6.35. The summed E-state index contributed by atoms with van der Waals surface area (Å²) in [5, 5.41) is 2.67. The molecule has 0 saturated carbocycles. The molecule has 2 rings (SSSR count). The van der Waals surface area contributed by atoms with Crippen molar-refractivity contribution in [1.29, 1.82) is 0 Å². The lowest BCUT2D eigenvalue weighted by atomic mass is 9.99. The van der Waals surface area contributed by atoms with Crippen LogP contribution in [0.15, 0.2) is 29.2 Å². The van der Waals surface area contributed by atoms with Crippen LogP contribution in [0.1, 0.15) is 18.4 Å². The second-order valence-corrected chi connectivity index (χ2v) is 6.73. The van der Waals surface area contributed by atoms with Crippen molar-refractivity contribution in [2.75, 3.05) is 6.54 Å². The summed E-state index contributed by atoms with van der Waals surface area (Å²) < 4.78 is 29.6. The van der Waals surface area contributed by atoms with Gasteiger partial charge in [0.05, 0.1) is 10.9 Å². The molecule has 2 atom stereocenters. The second kappa shape index (κ2) is 8.04. The normalized spacial score (nSPS) is 18.6. The Bertz CT molecular complexity index is 657. The van der Waals surface area contributed by atoms with Crippen molar-refractivity contribution in [2.45, 2.75) is 30.7 Å². The zero-order valence-electron chi connectivity index (χ0n) is 12.7. The molecule has 0 bridgehead atoms. The molecule has 8 nitrogen and oxygen atoms in total. The van der Waals surface area contributed by atoms with E-state index in [2.05, 4.69) is 5.32 Å². The Morgan fingerprint density at radius 1 is 1.39 bits per heavy atom. The summed E-state index contributed by atoms with van der Waals surface area (Å²) in [5.41, 5.74) is 11.3. The number of carbonyl (C=O) groups excluding carboxylic acids is 2. The van der Waals surface area contributed by atoms with E-state index in [-0.39, 0.29) is 16.7 Å². The first-order valence-corrected chi connectivity index (χ1v) is 8.42. The molecule has 1 saturated heterocycles. The monoisotopic (exact) mass is 343 g/mol. The number of nitrogens with one attached hydrogen (secondary N) is 1. The molecule has 0 aromatic heterocycles. The van der Waals surface area contributed by atoms with Crippen molar-refractivity contribution in [3.63, 3.8) is 0 Å². The lowest BCUT2D eigenvalue weighted by molar-refractivity contribution is -0.123. The van der Waals surface area contributed by atoms with Crippen molar-refractivity contribution in [2.24, 2.45) is 17.4 Å². The minimum absolute atomic E-state index is 0.0216. The van der Waals surface area contributed by atoms with E-state index in [0.29, 0.717) is 13.0 Å². The molecular weight excluding hydrogens is 322 g/mol. The molecule has 1 aliphatic heterocycles. The molecule has 1 aromatic rings. The van der Waals surface area contributed by atoms with Crippen LogP contribution in [-0.2, 0) is 19.7 Å². The van der Waals surface area contributed by atoms with E-state index in [0.717, 1.165) is 12.0 Å². The van der Waals surface area contributed by atoms with Crippen LogP contribution in [0.25, 0.3) is 0 Å². The SMILES string of the molecule is Cc1ccc(S(=O)(=O)O)cc1.NC(=O)[C@@H](N)C[C@@H]1CCNC1=O. The first-order valence-electron chi connectivity index (χ1n) is 6.98. The summed E-state index contributed by atoms with van der Waals surface area (Å²) in [6.07, 6.45) is 1.11. The average Bonchev–Trinajstić information content (AvgIpc) is 2.84. The molecule has 6 N–H and O–H groups in total. The summed E-state index contributed by atoms with van der Waals surface area (Å²) in [6, 6.07) is 5.29. The zero-order chi connectivity index (χ0) is 17.6. The minimum Gasteiger partial charge on any atom is -0.368 e. The fourth-order valence-corrected chi connectivity index (χ4v) is 2.48. The summed E-state index contributed by atoms with van der Waals surface area (Å²) in [5.74, 6) is -0.700. The quantitative estimate of drug-likeness (QED) is 0.544. The molecule has 2 amide bonds. The first-order chi connectivity index (χ1) is 10.6. The molecular formula is C14H21N3O5S. The van der Waals surface area contributed by atoms with Gasteiger partial charge in [-0.1, -0.05) is 17.7 Å². The number of primary amides is 1. The highest BCUT2D eigenvalue weighted by atomic mass is 32.2. The summed E-state index contributed by atoms with van der Waals surface area (Å²) in [6.45, 7) is 2.52. The van der Waals surface area contributed by atoms with Crippen molar-refractivity contribution in [1.82, 2.24) is 5.32 Å². The third-order valence-electron chi connectivity index (χ3n) is 3.39. The van der Waals surface area contributed by atoms with Gasteiger partial charge in [-0.25, -0.2) is 0 Å². The Hall–Kier alpha value is -1.97. The van der Waals surface area contributed by atoms with E-state index >= 15 is 0 Å². The lowest BCUT2D eigenvalue weighted by Gasteiger charge is -2.10. The highest BCUT2D eigenvalue weighted by molar-refractivity contribution is 7.85. The van der Waals surface area contributed by atoms with Crippen LogP contribution < -0.4 is 16.8 Å². The molecule has 1 aliphatic rings. The van der Waals surface area contributed by atoms with Crippen LogP contribution in [0.4, 0.5) is 0 Å². The van der Waals surface area contributed by atoms with E-state index in [1.54, 1.807) is 12.1 Å². The zero-order valence-corrected chi connectivity index (χ0v) is 13.5. The van der Waals surface area contributed by atoms with Crippen molar-refractivity contribution >= 4 is 21.9 Å². The summed E-state index contributed by atoms with van der Waals surface area (Å²) >= 11 is 0. The van der Waals surface area contributed by atoms with Crippen molar-refractivity contribution in [3.05, 3.63) is 29.8 Å². The maximum atomic E-state index is 11.0. The molecule has 1 heterocycles. The van der Waals surface area contributed by atoms with Gasteiger partial charge in [0.15, 0.2) is 0 Å². The van der Waals surface area contributed by atoms with Crippen LogP contribution in [0.5, 0.6) is 0 Å². The average molecular weight is 343 g/mol. The number of hydrogen-bond donors (Lipinski definition) is 4. The van der Waals surface area contributed by atoms with Crippen LogP contribution in [0.2, 0.25) is 0 Å². The molecule has 0 spiro atoms. The van der Waals surface area contributed by atoms with Gasteiger partial charge in [0.25, 0.3) is 10.1 Å². The fraction of sp³-hybridized carbons (Fsp3) is 0.429. The second-order valence-electron chi connectivity index (χ2n) is 5.31. The number of aryl methyl sites for hydroxylation is 1. The van der Waals surface area contributed by atoms with Gasteiger partial charge in [-0.15, -0.1) is 0 Å². The number of rotatable bonds is 4.